The molecule has 0 bridgehead atoms. The van der Waals surface area contributed by atoms with Gasteiger partial charge in [-0.25, -0.2) is 4.98 Å². The Morgan fingerprint density at radius 1 is 0.968 bits per heavy atom. The summed E-state index contributed by atoms with van der Waals surface area (Å²) >= 11 is 0. The van der Waals surface area contributed by atoms with Crippen LogP contribution in [0.3, 0.4) is 0 Å². The van der Waals surface area contributed by atoms with Crippen LogP contribution in [0.1, 0.15) is 16.3 Å². The van der Waals surface area contributed by atoms with Gasteiger partial charge < -0.3 is 14.3 Å². The molecule has 0 saturated carbocycles. The van der Waals surface area contributed by atoms with Crippen LogP contribution in [0.4, 0.5) is 5.82 Å². The van der Waals surface area contributed by atoms with Gasteiger partial charge in [-0.1, -0.05) is 35.5 Å². The van der Waals surface area contributed by atoms with Gasteiger partial charge in [-0.05, 0) is 19.1 Å². The zero-order chi connectivity index (χ0) is 21.2. The van der Waals surface area contributed by atoms with Crippen molar-refractivity contribution in [1.29, 1.82) is 0 Å². The molecular formula is C22H21N7O2. The molecule has 4 aromatic rings. The lowest BCUT2D eigenvalue weighted by atomic mass is 10.1. The van der Waals surface area contributed by atoms with E-state index in [-0.39, 0.29) is 5.91 Å². The van der Waals surface area contributed by atoms with Crippen LogP contribution in [-0.4, -0.2) is 61.9 Å². The molecule has 0 atom stereocenters. The standard InChI is InChI=1S/C22H21N7O2/c1-16-23-9-10-29(16)21-8-7-20(24-25-21)27-11-13-28(14-12-27)22(30)18-15-19(31-26-18)17-5-3-2-4-6-17/h2-10,15H,11-14H2,1H3. The van der Waals surface area contributed by atoms with Gasteiger partial charge in [0.15, 0.2) is 23.1 Å². The average molecular weight is 415 g/mol. The molecule has 3 aromatic heterocycles. The number of hydrogen-bond acceptors (Lipinski definition) is 7. The van der Waals surface area contributed by atoms with E-state index < -0.39 is 0 Å². The number of aryl methyl sites for hydroxylation is 1. The zero-order valence-corrected chi connectivity index (χ0v) is 17.0. The van der Waals surface area contributed by atoms with Crippen LogP contribution >= 0.6 is 0 Å². The number of piperazine rings is 1. The summed E-state index contributed by atoms with van der Waals surface area (Å²) < 4.78 is 7.25. The molecule has 1 aromatic carbocycles. The minimum Gasteiger partial charge on any atom is -0.355 e. The Labute approximate surface area is 178 Å². The van der Waals surface area contributed by atoms with Gasteiger partial charge in [-0.3, -0.25) is 9.36 Å². The predicted octanol–water partition coefficient (Wildman–Crippen LogP) is 2.59. The molecule has 0 unspecified atom stereocenters. The highest BCUT2D eigenvalue weighted by atomic mass is 16.5. The van der Waals surface area contributed by atoms with E-state index in [9.17, 15) is 4.79 Å². The largest absolute Gasteiger partial charge is 0.355 e. The summed E-state index contributed by atoms with van der Waals surface area (Å²) in [6, 6.07) is 15.2. The van der Waals surface area contributed by atoms with E-state index in [1.165, 1.54) is 0 Å². The average Bonchev–Trinajstić information content (AvgIpc) is 3.49. The summed E-state index contributed by atoms with van der Waals surface area (Å²) in [7, 11) is 0. The molecule has 1 fully saturated rings. The van der Waals surface area contributed by atoms with Gasteiger partial charge in [0.25, 0.3) is 5.91 Å². The van der Waals surface area contributed by atoms with E-state index in [0.29, 0.717) is 37.6 Å². The number of amides is 1. The van der Waals surface area contributed by atoms with Crippen LogP contribution in [0, 0.1) is 6.92 Å². The van der Waals surface area contributed by atoms with Gasteiger partial charge in [0, 0.05) is 50.2 Å². The maximum atomic E-state index is 12.8. The van der Waals surface area contributed by atoms with Crippen LogP contribution in [-0.2, 0) is 0 Å². The summed E-state index contributed by atoms with van der Waals surface area (Å²) in [5.74, 6) is 2.85. The normalized spacial score (nSPS) is 14.1. The number of nitrogens with zero attached hydrogens (tertiary/aromatic N) is 7. The highest BCUT2D eigenvalue weighted by Gasteiger charge is 2.25. The number of imidazole rings is 1. The number of carbonyl (C=O) groups excluding carboxylic acids is 1. The third kappa shape index (κ3) is 3.77. The highest BCUT2D eigenvalue weighted by molar-refractivity contribution is 5.93. The Morgan fingerprint density at radius 2 is 1.71 bits per heavy atom. The molecule has 5 rings (SSSR count). The fourth-order valence-corrected chi connectivity index (χ4v) is 3.65. The van der Waals surface area contributed by atoms with Crippen molar-refractivity contribution < 1.29 is 9.32 Å². The Hall–Kier alpha value is -4.01. The van der Waals surface area contributed by atoms with Crippen LogP contribution in [0.2, 0.25) is 0 Å². The molecule has 1 aliphatic rings. The Balaban J connectivity index is 1.22. The van der Waals surface area contributed by atoms with Crippen molar-refractivity contribution in [3.05, 3.63) is 72.4 Å². The first kappa shape index (κ1) is 19.0. The summed E-state index contributed by atoms with van der Waals surface area (Å²) in [4.78, 5) is 21.0. The predicted molar refractivity (Wildman–Crippen MR) is 114 cm³/mol. The Morgan fingerprint density at radius 3 is 2.39 bits per heavy atom. The number of rotatable bonds is 4. The van der Waals surface area contributed by atoms with E-state index in [1.807, 2.05) is 60.2 Å². The molecule has 156 valence electrons. The summed E-state index contributed by atoms with van der Waals surface area (Å²) in [5, 5.41) is 12.7. The van der Waals surface area contributed by atoms with E-state index >= 15 is 0 Å². The number of hydrogen-bond donors (Lipinski definition) is 0. The molecule has 0 N–H and O–H groups in total. The summed E-state index contributed by atoms with van der Waals surface area (Å²) in [6.45, 7) is 4.43. The number of carbonyl (C=O) groups is 1. The van der Waals surface area contributed by atoms with Crippen molar-refractivity contribution in [1.82, 2.24) is 29.8 Å². The second-order valence-corrected chi connectivity index (χ2v) is 7.32. The molecule has 1 saturated heterocycles. The molecule has 0 aliphatic carbocycles. The first-order valence-corrected chi connectivity index (χ1v) is 10.1. The summed E-state index contributed by atoms with van der Waals surface area (Å²) in [5.41, 5.74) is 1.22. The second kappa shape index (κ2) is 8.02. The lowest BCUT2D eigenvalue weighted by Crippen LogP contribution is -2.49. The quantitative estimate of drug-likeness (QED) is 0.506. The van der Waals surface area contributed by atoms with Gasteiger partial charge in [0.1, 0.15) is 5.82 Å². The van der Waals surface area contributed by atoms with Crippen molar-refractivity contribution >= 4 is 11.7 Å². The first-order chi connectivity index (χ1) is 15.2. The van der Waals surface area contributed by atoms with Gasteiger partial charge in [-0.2, -0.15) is 0 Å². The molecule has 4 heterocycles. The summed E-state index contributed by atoms with van der Waals surface area (Å²) in [6.07, 6.45) is 3.59. The molecule has 0 spiro atoms. The van der Waals surface area contributed by atoms with Crippen molar-refractivity contribution in [3.8, 4) is 17.1 Å². The van der Waals surface area contributed by atoms with E-state index in [1.54, 1.807) is 17.2 Å². The second-order valence-electron chi connectivity index (χ2n) is 7.32. The van der Waals surface area contributed by atoms with Gasteiger partial charge in [-0.15, -0.1) is 10.2 Å². The van der Waals surface area contributed by atoms with Gasteiger partial charge in [0.05, 0.1) is 0 Å². The van der Waals surface area contributed by atoms with Crippen molar-refractivity contribution in [2.75, 3.05) is 31.1 Å². The van der Waals surface area contributed by atoms with Crippen molar-refractivity contribution in [2.45, 2.75) is 6.92 Å². The monoisotopic (exact) mass is 415 g/mol. The molecule has 9 heteroatoms. The van der Waals surface area contributed by atoms with Gasteiger partial charge in [0.2, 0.25) is 0 Å². The molecule has 31 heavy (non-hydrogen) atoms. The third-order valence-corrected chi connectivity index (χ3v) is 5.39. The highest BCUT2D eigenvalue weighted by Crippen LogP contribution is 2.21. The molecule has 1 amide bonds. The first-order valence-electron chi connectivity index (χ1n) is 10.1. The SMILES string of the molecule is Cc1nccn1-c1ccc(N2CCN(C(=O)c3cc(-c4ccccc4)on3)CC2)nn1. The number of aromatic nitrogens is 5. The smallest absolute Gasteiger partial charge is 0.276 e. The third-order valence-electron chi connectivity index (χ3n) is 5.39. The van der Waals surface area contributed by atoms with Crippen molar-refractivity contribution in [3.63, 3.8) is 0 Å². The molecule has 9 nitrogen and oxygen atoms in total. The lowest BCUT2D eigenvalue weighted by Gasteiger charge is -2.34. The Kier molecular flexibility index (Phi) is 4.91. The molecule has 0 radical (unpaired) electrons. The van der Waals surface area contributed by atoms with Crippen LogP contribution in [0.25, 0.3) is 17.1 Å². The zero-order valence-electron chi connectivity index (χ0n) is 17.0. The van der Waals surface area contributed by atoms with E-state index in [0.717, 1.165) is 23.0 Å². The minimum absolute atomic E-state index is 0.123. The fraction of sp³-hybridized carbons (Fsp3) is 0.227. The number of benzene rings is 1. The Bertz CT molecular complexity index is 1180. The lowest BCUT2D eigenvalue weighted by molar-refractivity contribution is 0.0736. The van der Waals surface area contributed by atoms with Gasteiger partial charge >= 0.3 is 0 Å². The fourth-order valence-electron chi connectivity index (χ4n) is 3.65. The van der Waals surface area contributed by atoms with Crippen LogP contribution in [0.15, 0.2) is 65.4 Å². The topological polar surface area (TPSA) is 93.2 Å². The van der Waals surface area contributed by atoms with Crippen LogP contribution in [0.5, 0.6) is 0 Å². The van der Waals surface area contributed by atoms with Crippen LogP contribution < -0.4 is 4.90 Å². The maximum absolute atomic E-state index is 12.8. The molecule has 1 aliphatic heterocycles. The number of anilines is 1. The van der Waals surface area contributed by atoms with Crippen molar-refractivity contribution in [2.24, 2.45) is 0 Å². The minimum atomic E-state index is -0.123. The van der Waals surface area contributed by atoms with E-state index in [2.05, 4.69) is 25.2 Å². The maximum Gasteiger partial charge on any atom is 0.276 e. The van der Waals surface area contributed by atoms with E-state index in [4.69, 9.17) is 4.52 Å². The molecular weight excluding hydrogens is 394 g/mol.